The second kappa shape index (κ2) is 7.23. The van der Waals surface area contributed by atoms with Gasteiger partial charge in [0.1, 0.15) is 12.7 Å². The van der Waals surface area contributed by atoms with E-state index in [1.54, 1.807) is 48.5 Å². The molecule has 0 aliphatic carbocycles. The summed E-state index contributed by atoms with van der Waals surface area (Å²) in [5.74, 6) is -6.29. The first-order valence-electron chi connectivity index (χ1n) is 9.64. The zero-order valence-electron chi connectivity index (χ0n) is 16.3. The highest BCUT2D eigenvalue weighted by Gasteiger charge is 2.48. The van der Waals surface area contributed by atoms with Crippen molar-refractivity contribution in [2.45, 2.75) is 6.17 Å². The van der Waals surface area contributed by atoms with Crippen molar-refractivity contribution in [1.82, 2.24) is 4.90 Å². The largest absolute Gasteiger partial charge is 0.322 e. The van der Waals surface area contributed by atoms with Gasteiger partial charge in [0.15, 0.2) is 17.5 Å². The lowest BCUT2D eigenvalue weighted by Gasteiger charge is -2.40. The van der Waals surface area contributed by atoms with E-state index < -0.39 is 47.7 Å². The van der Waals surface area contributed by atoms with Gasteiger partial charge >= 0.3 is 0 Å². The molecule has 160 valence electrons. The molecular formula is C23H14F3N3O3. The average molecular weight is 437 g/mol. The molecule has 32 heavy (non-hydrogen) atoms. The molecule has 1 atom stereocenters. The molecule has 0 fully saturated rings. The van der Waals surface area contributed by atoms with Gasteiger partial charge in [0.05, 0.1) is 16.9 Å². The number of carbonyl (C=O) groups is 3. The highest BCUT2D eigenvalue weighted by Crippen LogP contribution is 2.44. The molecule has 0 saturated carbocycles. The number of benzene rings is 3. The minimum atomic E-state index is -1.72. The van der Waals surface area contributed by atoms with Crippen molar-refractivity contribution in [3.05, 3.63) is 94.8 Å². The lowest BCUT2D eigenvalue weighted by molar-refractivity contribution is -0.117. The van der Waals surface area contributed by atoms with Crippen molar-refractivity contribution >= 4 is 29.1 Å². The van der Waals surface area contributed by atoms with Gasteiger partial charge < -0.3 is 10.2 Å². The van der Waals surface area contributed by atoms with Crippen molar-refractivity contribution < 1.29 is 27.6 Å². The molecule has 1 N–H and O–H groups in total. The molecule has 0 radical (unpaired) electrons. The topological polar surface area (TPSA) is 69.7 Å². The van der Waals surface area contributed by atoms with Crippen molar-refractivity contribution in [1.29, 1.82) is 0 Å². The lowest BCUT2D eigenvalue weighted by atomic mass is 10.0. The van der Waals surface area contributed by atoms with E-state index in [4.69, 9.17) is 0 Å². The van der Waals surface area contributed by atoms with E-state index >= 15 is 0 Å². The van der Waals surface area contributed by atoms with Crippen LogP contribution < -0.4 is 10.2 Å². The minimum Gasteiger partial charge on any atom is -0.322 e. The van der Waals surface area contributed by atoms with Crippen LogP contribution in [-0.4, -0.2) is 29.2 Å². The summed E-state index contributed by atoms with van der Waals surface area (Å²) in [6.07, 6.45) is -0.873. The Kier molecular flexibility index (Phi) is 4.47. The van der Waals surface area contributed by atoms with Crippen LogP contribution in [0.4, 0.5) is 24.5 Å². The molecule has 2 heterocycles. The number of para-hydroxylation sites is 1. The first-order valence-corrected chi connectivity index (χ1v) is 9.64. The lowest BCUT2D eigenvalue weighted by Crippen LogP contribution is -2.50. The molecule has 9 heteroatoms. The van der Waals surface area contributed by atoms with Crippen LogP contribution in [0.3, 0.4) is 0 Å². The second-order valence-corrected chi connectivity index (χ2v) is 7.36. The van der Waals surface area contributed by atoms with Gasteiger partial charge in [-0.15, -0.1) is 0 Å². The van der Waals surface area contributed by atoms with Gasteiger partial charge in [-0.1, -0.05) is 30.3 Å². The molecule has 2 aliphatic heterocycles. The van der Waals surface area contributed by atoms with Gasteiger partial charge in [-0.3, -0.25) is 19.3 Å². The highest BCUT2D eigenvalue weighted by molar-refractivity contribution is 6.17. The predicted octanol–water partition coefficient (Wildman–Crippen LogP) is 3.86. The normalized spacial score (nSPS) is 16.5. The molecule has 6 nitrogen and oxygen atoms in total. The zero-order valence-corrected chi connectivity index (χ0v) is 16.3. The summed E-state index contributed by atoms with van der Waals surface area (Å²) < 4.78 is 40.6. The zero-order chi connectivity index (χ0) is 22.6. The maximum atomic E-state index is 14.0. The second-order valence-electron chi connectivity index (χ2n) is 7.36. The molecule has 3 amide bonds. The number of nitrogens with one attached hydrogen (secondary N) is 1. The summed E-state index contributed by atoms with van der Waals surface area (Å²) in [6.45, 7) is -0.547. The van der Waals surface area contributed by atoms with E-state index in [-0.39, 0.29) is 11.5 Å². The van der Waals surface area contributed by atoms with Crippen LogP contribution in [0.15, 0.2) is 60.7 Å². The van der Waals surface area contributed by atoms with Crippen LogP contribution in [0.5, 0.6) is 0 Å². The van der Waals surface area contributed by atoms with Crippen LogP contribution in [0.1, 0.15) is 32.4 Å². The Labute approximate surface area is 179 Å². The van der Waals surface area contributed by atoms with Gasteiger partial charge in [0.25, 0.3) is 11.8 Å². The van der Waals surface area contributed by atoms with Crippen molar-refractivity contribution in [3.63, 3.8) is 0 Å². The van der Waals surface area contributed by atoms with E-state index in [1.165, 1.54) is 9.80 Å². The molecule has 2 aliphatic rings. The van der Waals surface area contributed by atoms with Gasteiger partial charge in [0.2, 0.25) is 5.91 Å². The quantitative estimate of drug-likeness (QED) is 0.633. The number of fused-ring (bicyclic) bond motifs is 5. The molecular weight excluding hydrogens is 423 g/mol. The Morgan fingerprint density at radius 1 is 0.844 bits per heavy atom. The third-order valence-electron chi connectivity index (χ3n) is 5.51. The van der Waals surface area contributed by atoms with E-state index in [0.717, 1.165) is 6.07 Å². The molecule has 0 saturated heterocycles. The van der Waals surface area contributed by atoms with E-state index in [2.05, 4.69) is 5.32 Å². The monoisotopic (exact) mass is 437 g/mol. The van der Waals surface area contributed by atoms with Gasteiger partial charge in [-0.05, 0) is 30.3 Å². The van der Waals surface area contributed by atoms with Crippen LogP contribution in [0.2, 0.25) is 0 Å². The molecule has 5 rings (SSSR count). The van der Waals surface area contributed by atoms with Gasteiger partial charge in [0, 0.05) is 11.1 Å². The molecule has 0 aromatic heterocycles. The van der Waals surface area contributed by atoms with E-state index in [9.17, 15) is 27.6 Å². The third-order valence-corrected chi connectivity index (χ3v) is 5.51. The number of amides is 3. The van der Waals surface area contributed by atoms with Crippen LogP contribution >= 0.6 is 0 Å². The molecule has 1 unspecified atom stereocenters. The third kappa shape index (κ3) is 2.85. The summed E-state index contributed by atoms with van der Waals surface area (Å²) in [5, 5.41) is 2.17. The number of halogens is 3. The summed E-state index contributed by atoms with van der Waals surface area (Å²) in [5.41, 5.74) is 1.05. The average Bonchev–Trinajstić information content (AvgIpc) is 3.10. The van der Waals surface area contributed by atoms with E-state index in [0.29, 0.717) is 22.9 Å². The maximum Gasteiger partial charge on any atom is 0.260 e. The molecule has 3 aromatic carbocycles. The number of nitrogens with zero attached hydrogens (tertiary/aromatic N) is 2. The number of anilines is 2. The van der Waals surface area contributed by atoms with Crippen molar-refractivity contribution in [2.24, 2.45) is 0 Å². The molecule has 0 spiro atoms. The van der Waals surface area contributed by atoms with Crippen molar-refractivity contribution in [2.75, 3.05) is 16.8 Å². The van der Waals surface area contributed by atoms with Crippen LogP contribution in [-0.2, 0) is 4.79 Å². The van der Waals surface area contributed by atoms with Crippen LogP contribution in [0, 0.1) is 17.5 Å². The smallest absolute Gasteiger partial charge is 0.260 e. The summed E-state index contributed by atoms with van der Waals surface area (Å²) in [4.78, 5) is 41.7. The number of rotatable bonds is 3. The highest BCUT2D eigenvalue weighted by atomic mass is 19.2. The minimum absolute atomic E-state index is 0.233. The SMILES string of the molecule is O=C(CN1C(=O)c2ccccc2N2C(=O)c3ccccc3C12)Nc1ccc(F)c(F)c1F. The Hall–Kier alpha value is -4.14. The summed E-state index contributed by atoms with van der Waals surface area (Å²) in [7, 11) is 0. The summed E-state index contributed by atoms with van der Waals surface area (Å²) in [6, 6.07) is 14.9. The van der Waals surface area contributed by atoms with Crippen molar-refractivity contribution in [3.8, 4) is 0 Å². The first-order chi connectivity index (χ1) is 15.4. The Morgan fingerprint density at radius 2 is 1.53 bits per heavy atom. The number of hydrogen-bond donors (Lipinski definition) is 1. The molecule has 3 aromatic rings. The fourth-order valence-electron chi connectivity index (χ4n) is 4.10. The Bertz CT molecular complexity index is 1310. The van der Waals surface area contributed by atoms with Gasteiger partial charge in [-0.25, -0.2) is 13.2 Å². The van der Waals surface area contributed by atoms with Gasteiger partial charge in [-0.2, -0.15) is 0 Å². The molecule has 0 bridgehead atoms. The first kappa shape index (κ1) is 19.8. The Balaban J connectivity index is 1.52. The van der Waals surface area contributed by atoms with E-state index in [1.807, 2.05) is 0 Å². The standard InChI is InChI=1S/C23H14F3N3O3/c24-15-9-10-16(20(26)19(15)25)27-18(30)11-28-21-12-5-1-2-6-13(12)23(32)29(21)17-8-4-3-7-14(17)22(28)31/h1-10,21H,11H2,(H,27,30). The summed E-state index contributed by atoms with van der Waals surface area (Å²) >= 11 is 0. The fraction of sp³-hybridized carbons (Fsp3) is 0.0870. The van der Waals surface area contributed by atoms with Crippen LogP contribution in [0.25, 0.3) is 0 Å². The maximum absolute atomic E-state index is 14.0. The fourth-order valence-corrected chi connectivity index (χ4v) is 4.10. The predicted molar refractivity (Wildman–Crippen MR) is 108 cm³/mol. The Morgan fingerprint density at radius 3 is 2.31 bits per heavy atom. The number of hydrogen-bond acceptors (Lipinski definition) is 3. The number of carbonyl (C=O) groups excluding carboxylic acids is 3.